The summed E-state index contributed by atoms with van der Waals surface area (Å²) in [5.74, 6) is 0.566. The Morgan fingerprint density at radius 2 is 1.07 bits per heavy atom. The van der Waals surface area contributed by atoms with E-state index >= 15 is 0 Å². The van der Waals surface area contributed by atoms with Crippen molar-refractivity contribution in [3.05, 3.63) is 276 Å². The van der Waals surface area contributed by atoms with E-state index in [1.807, 2.05) is 0 Å². The standard InChI is InChI=1S/C66H48N2/c1-44-29-30-49-38-54(34-31-48(49)37-44)67-63-35-32-50(40-57(63)46-19-8-3-9-20-46)51-33-36-64-59(41-51)60-42-58-56-27-14-15-28-61(56)66(52-22-10-4-11-23-52,53-24-12-5-13-25-53)62(58)43-65(60)68(64)55-26-16-21-47(39-55)45-17-6-2-7-18-45/h2-36,38-44,67H,37H2,1H3. The van der Waals surface area contributed by atoms with Crippen LogP contribution in [-0.2, 0) is 11.8 Å². The van der Waals surface area contributed by atoms with Gasteiger partial charge in [0.05, 0.1) is 16.4 Å². The maximum atomic E-state index is 3.83. The molecule has 1 aromatic heterocycles. The SMILES string of the molecule is CC1C=Cc2cc(Nc3ccc(-c4ccc5c(c4)c4cc6c(cc4n5-c4cccc(-c5ccccc5)c4)C(c4ccccc4)(c4ccccc4)c4ccccc4-6)cc3-c3ccccc3)ccc2C1. The van der Waals surface area contributed by atoms with Crippen molar-refractivity contribution in [2.45, 2.75) is 18.8 Å². The summed E-state index contributed by atoms with van der Waals surface area (Å²) in [6.45, 7) is 2.28. The normalized spacial score (nSPS) is 14.4. The lowest BCUT2D eigenvalue weighted by Crippen LogP contribution is -2.28. The molecule has 1 heterocycles. The van der Waals surface area contributed by atoms with Crippen LogP contribution >= 0.6 is 0 Å². The van der Waals surface area contributed by atoms with Crippen LogP contribution in [0, 0.1) is 5.92 Å². The number of nitrogens with zero attached hydrogens (tertiary/aromatic N) is 1. The summed E-state index contributed by atoms with van der Waals surface area (Å²) in [5.41, 5.74) is 22.6. The lowest BCUT2D eigenvalue weighted by molar-refractivity contribution is 0.717. The summed E-state index contributed by atoms with van der Waals surface area (Å²) < 4.78 is 2.50. The predicted molar refractivity (Wildman–Crippen MR) is 286 cm³/mol. The molecule has 1 unspecified atom stereocenters. The van der Waals surface area contributed by atoms with E-state index in [1.54, 1.807) is 0 Å². The van der Waals surface area contributed by atoms with Gasteiger partial charge in [0, 0.05) is 33.4 Å². The number of aromatic nitrogens is 1. The molecule has 0 aliphatic heterocycles. The third kappa shape index (κ3) is 6.48. The third-order valence-corrected chi connectivity index (χ3v) is 14.6. The second-order valence-electron chi connectivity index (χ2n) is 18.6. The summed E-state index contributed by atoms with van der Waals surface area (Å²) >= 11 is 0. The van der Waals surface area contributed by atoms with Gasteiger partial charge in [-0.3, -0.25) is 0 Å². The Labute approximate surface area is 398 Å². The Hall–Kier alpha value is -8.46. The van der Waals surface area contributed by atoms with Crippen molar-refractivity contribution >= 4 is 39.3 Å². The quantitative estimate of drug-likeness (QED) is 0.161. The fourth-order valence-corrected chi connectivity index (χ4v) is 11.4. The first kappa shape index (κ1) is 39.9. The van der Waals surface area contributed by atoms with Crippen molar-refractivity contribution in [2.75, 3.05) is 5.32 Å². The molecule has 0 saturated heterocycles. The van der Waals surface area contributed by atoms with E-state index in [-0.39, 0.29) is 0 Å². The largest absolute Gasteiger partial charge is 0.355 e. The van der Waals surface area contributed by atoms with Gasteiger partial charge in [-0.2, -0.15) is 0 Å². The maximum Gasteiger partial charge on any atom is 0.0714 e. The molecule has 68 heavy (non-hydrogen) atoms. The summed E-state index contributed by atoms with van der Waals surface area (Å²) in [5, 5.41) is 6.28. The van der Waals surface area contributed by atoms with E-state index in [2.05, 4.69) is 266 Å². The van der Waals surface area contributed by atoms with Crippen LogP contribution in [0.3, 0.4) is 0 Å². The van der Waals surface area contributed by atoms with Crippen LogP contribution in [0.15, 0.2) is 243 Å². The monoisotopic (exact) mass is 868 g/mol. The van der Waals surface area contributed by atoms with E-state index < -0.39 is 5.41 Å². The molecule has 2 aliphatic carbocycles. The first-order valence-electron chi connectivity index (χ1n) is 23.9. The average molecular weight is 869 g/mol. The molecule has 2 heteroatoms. The highest BCUT2D eigenvalue weighted by Gasteiger charge is 2.46. The van der Waals surface area contributed by atoms with Crippen molar-refractivity contribution < 1.29 is 0 Å². The van der Waals surface area contributed by atoms with Gasteiger partial charge >= 0.3 is 0 Å². The summed E-state index contributed by atoms with van der Waals surface area (Å²) in [6, 6.07) is 87.7. The number of anilines is 2. The number of nitrogens with one attached hydrogen (secondary N) is 1. The number of hydrogen-bond donors (Lipinski definition) is 1. The van der Waals surface area contributed by atoms with Gasteiger partial charge in [-0.25, -0.2) is 0 Å². The number of allylic oxidation sites excluding steroid dienone is 1. The van der Waals surface area contributed by atoms with Crippen LogP contribution in [0.1, 0.15) is 40.3 Å². The van der Waals surface area contributed by atoms with Gasteiger partial charge in [-0.1, -0.05) is 195 Å². The van der Waals surface area contributed by atoms with Crippen LogP contribution in [0.25, 0.3) is 78.1 Å². The van der Waals surface area contributed by atoms with Gasteiger partial charge < -0.3 is 9.88 Å². The van der Waals surface area contributed by atoms with Gasteiger partial charge in [0.2, 0.25) is 0 Å². The molecular formula is C66H48N2. The number of fused-ring (bicyclic) bond motifs is 7. The van der Waals surface area contributed by atoms with Gasteiger partial charge in [-0.15, -0.1) is 0 Å². The van der Waals surface area contributed by atoms with Crippen LogP contribution in [0.2, 0.25) is 0 Å². The second-order valence-corrected chi connectivity index (χ2v) is 18.6. The Balaban J connectivity index is 1.03. The summed E-state index contributed by atoms with van der Waals surface area (Å²) in [6.07, 6.45) is 5.68. The van der Waals surface area contributed by atoms with Crippen LogP contribution in [-0.4, -0.2) is 4.57 Å². The number of hydrogen-bond acceptors (Lipinski definition) is 1. The van der Waals surface area contributed by atoms with Crippen molar-refractivity contribution in [1.29, 1.82) is 0 Å². The predicted octanol–water partition coefficient (Wildman–Crippen LogP) is 17.1. The zero-order chi connectivity index (χ0) is 45.2. The first-order valence-corrected chi connectivity index (χ1v) is 23.9. The molecule has 0 fully saturated rings. The highest BCUT2D eigenvalue weighted by molar-refractivity contribution is 6.13. The van der Waals surface area contributed by atoms with E-state index in [4.69, 9.17) is 0 Å². The Morgan fingerprint density at radius 3 is 1.84 bits per heavy atom. The fraction of sp³-hybridized carbons (Fsp3) is 0.0606. The molecule has 1 N–H and O–H groups in total. The van der Waals surface area contributed by atoms with E-state index in [0.29, 0.717) is 5.92 Å². The van der Waals surface area contributed by atoms with E-state index in [0.717, 1.165) is 29.0 Å². The van der Waals surface area contributed by atoms with Gasteiger partial charge in [0.25, 0.3) is 0 Å². The van der Waals surface area contributed by atoms with E-state index in [1.165, 1.54) is 94.1 Å². The Morgan fingerprint density at radius 1 is 0.441 bits per heavy atom. The minimum atomic E-state index is -0.515. The number of rotatable bonds is 8. The highest BCUT2D eigenvalue weighted by atomic mass is 15.0. The molecule has 11 aromatic rings. The molecule has 0 spiro atoms. The zero-order valence-corrected chi connectivity index (χ0v) is 37.9. The van der Waals surface area contributed by atoms with Crippen molar-refractivity contribution in [3.8, 4) is 50.2 Å². The molecule has 10 aromatic carbocycles. The lowest BCUT2D eigenvalue weighted by Gasteiger charge is -2.34. The maximum absolute atomic E-state index is 3.83. The topological polar surface area (TPSA) is 17.0 Å². The molecule has 1 atom stereocenters. The molecule has 0 bridgehead atoms. The van der Waals surface area contributed by atoms with Crippen LogP contribution < -0.4 is 5.32 Å². The zero-order valence-electron chi connectivity index (χ0n) is 37.9. The van der Waals surface area contributed by atoms with Gasteiger partial charge in [-0.05, 0) is 145 Å². The molecule has 0 amide bonds. The third-order valence-electron chi connectivity index (χ3n) is 14.6. The molecule has 2 aliphatic rings. The van der Waals surface area contributed by atoms with Gasteiger partial charge in [0.15, 0.2) is 0 Å². The molecule has 0 radical (unpaired) electrons. The molecule has 2 nitrogen and oxygen atoms in total. The fourth-order valence-electron chi connectivity index (χ4n) is 11.4. The minimum Gasteiger partial charge on any atom is -0.355 e. The van der Waals surface area contributed by atoms with E-state index in [9.17, 15) is 0 Å². The van der Waals surface area contributed by atoms with Crippen molar-refractivity contribution in [2.24, 2.45) is 5.92 Å². The van der Waals surface area contributed by atoms with Crippen molar-refractivity contribution in [3.63, 3.8) is 0 Å². The van der Waals surface area contributed by atoms with Gasteiger partial charge in [0.1, 0.15) is 0 Å². The first-order chi connectivity index (χ1) is 33.6. The Kier molecular flexibility index (Phi) is 9.47. The Bertz CT molecular complexity index is 3690. The average Bonchev–Trinajstić information content (AvgIpc) is 3.88. The molecule has 13 rings (SSSR count). The second kappa shape index (κ2) is 16.2. The molecule has 322 valence electrons. The molecule has 0 saturated carbocycles. The summed E-state index contributed by atoms with van der Waals surface area (Å²) in [4.78, 5) is 0. The smallest absolute Gasteiger partial charge is 0.0714 e. The van der Waals surface area contributed by atoms with Crippen molar-refractivity contribution in [1.82, 2.24) is 4.57 Å². The lowest BCUT2D eigenvalue weighted by atomic mass is 9.67. The number of benzene rings is 10. The van der Waals surface area contributed by atoms with Crippen LogP contribution in [0.5, 0.6) is 0 Å². The minimum absolute atomic E-state index is 0.515. The molecular weight excluding hydrogens is 821 g/mol. The summed E-state index contributed by atoms with van der Waals surface area (Å²) in [7, 11) is 0. The van der Waals surface area contributed by atoms with Crippen LogP contribution in [0.4, 0.5) is 11.4 Å². The highest BCUT2D eigenvalue weighted by Crippen LogP contribution is 2.57.